The Balaban J connectivity index is 1.17. The lowest BCUT2D eigenvalue weighted by Gasteiger charge is -2.31. The van der Waals surface area contributed by atoms with Gasteiger partial charge in [0.25, 0.3) is 0 Å². The number of carbonyl (C=O) groups is 2. The highest BCUT2D eigenvalue weighted by molar-refractivity contribution is 5.70. The van der Waals surface area contributed by atoms with E-state index in [2.05, 4.69) is 13.8 Å². The predicted octanol–water partition coefficient (Wildman–Crippen LogP) is 4.27. The zero-order valence-corrected chi connectivity index (χ0v) is 17.0. The van der Waals surface area contributed by atoms with Crippen LogP contribution >= 0.6 is 0 Å². The molecule has 27 heavy (non-hydrogen) atoms. The summed E-state index contributed by atoms with van der Waals surface area (Å²) in [7, 11) is 0. The molecule has 1 heterocycles. The van der Waals surface area contributed by atoms with Gasteiger partial charge in [-0.25, -0.2) is 0 Å². The fourth-order valence-electron chi connectivity index (χ4n) is 4.55. The van der Waals surface area contributed by atoms with Crippen LogP contribution in [0.25, 0.3) is 0 Å². The van der Waals surface area contributed by atoms with Crippen LogP contribution in [-0.4, -0.2) is 37.4 Å². The van der Waals surface area contributed by atoms with Crippen LogP contribution in [0, 0.1) is 23.7 Å². The van der Waals surface area contributed by atoms with Gasteiger partial charge in [-0.1, -0.05) is 20.3 Å². The Morgan fingerprint density at radius 3 is 1.96 bits per heavy atom. The Hall–Kier alpha value is -1.10. The van der Waals surface area contributed by atoms with Crippen LogP contribution in [0.15, 0.2) is 0 Å². The number of rotatable bonds is 9. The van der Waals surface area contributed by atoms with Crippen molar-refractivity contribution < 1.29 is 23.8 Å². The van der Waals surface area contributed by atoms with Crippen LogP contribution in [0.5, 0.6) is 0 Å². The second kappa shape index (κ2) is 9.90. The molecule has 2 saturated carbocycles. The number of carbonyl (C=O) groups excluding carboxylic acids is 2. The lowest BCUT2D eigenvalue weighted by atomic mass is 9.76. The van der Waals surface area contributed by atoms with E-state index >= 15 is 0 Å². The topological polar surface area (TPSA) is 65.1 Å². The molecule has 3 aliphatic rings. The molecule has 0 aromatic rings. The molecule has 3 fully saturated rings. The highest BCUT2D eigenvalue weighted by atomic mass is 16.6. The maximum absolute atomic E-state index is 11.9. The van der Waals surface area contributed by atoms with Gasteiger partial charge in [-0.2, -0.15) is 0 Å². The fourth-order valence-corrected chi connectivity index (χ4v) is 4.55. The molecule has 0 N–H and O–H groups in total. The maximum atomic E-state index is 11.9. The molecular formula is C22H36O5. The van der Waals surface area contributed by atoms with E-state index in [-0.39, 0.29) is 11.9 Å². The minimum Gasteiger partial charge on any atom is -0.465 e. The summed E-state index contributed by atoms with van der Waals surface area (Å²) in [6, 6.07) is 0. The number of fused-ring (bicyclic) bond motifs is 1. The molecule has 5 unspecified atom stereocenters. The number of esters is 2. The van der Waals surface area contributed by atoms with Crippen molar-refractivity contribution in [3.8, 4) is 0 Å². The van der Waals surface area contributed by atoms with Crippen LogP contribution in [-0.2, 0) is 23.8 Å². The molecular weight excluding hydrogens is 344 g/mol. The molecule has 1 saturated heterocycles. The monoisotopic (exact) mass is 380 g/mol. The Kier molecular flexibility index (Phi) is 7.57. The van der Waals surface area contributed by atoms with Gasteiger partial charge in [0.2, 0.25) is 0 Å². The molecule has 154 valence electrons. The van der Waals surface area contributed by atoms with Crippen molar-refractivity contribution in [1.82, 2.24) is 0 Å². The molecule has 0 aromatic heterocycles. The third-order valence-electron chi connectivity index (χ3n) is 6.79. The van der Waals surface area contributed by atoms with Gasteiger partial charge >= 0.3 is 11.9 Å². The van der Waals surface area contributed by atoms with Gasteiger partial charge < -0.3 is 14.2 Å². The quantitative estimate of drug-likeness (QED) is 0.339. The first-order valence-corrected chi connectivity index (χ1v) is 11.0. The van der Waals surface area contributed by atoms with E-state index in [1.54, 1.807) is 0 Å². The molecule has 0 amide bonds. The number of unbranched alkanes of at least 4 members (excludes halogenated alkanes) is 1. The Morgan fingerprint density at radius 1 is 0.778 bits per heavy atom. The van der Waals surface area contributed by atoms with Crippen molar-refractivity contribution in [2.24, 2.45) is 23.7 Å². The molecule has 6 atom stereocenters. The molecule has 0 aromatic carbocycles. The summed E-state index contributed by atoms with van der Waals surface area (Å²) >= 11 is 0. The van der Waals surface area contributed by atoms with Crippen LogP contribution in [0.4, 0.5) is 0 Å². The maximum Gasteiger partial charge on any atom is 0.305 e. The average molecular weight is 381 g/mol. The Morgan fingerprint density at radius 2 is 1.37 bits per heavy atom. The average Bonchev–Trinajstić information content (AvgIpc) is 3.43. The second-order valence-electron chi connectivity index (χ2n) is 9.10. The summed E-state index contributed by atoms with van der Waals surface area (Å²) in [4.78, 5) is 23.7. The van der Waals surface area contributed by atoms with E-state index in [0.717, 1.165) is 37.5 Å². The molecule has 3 rings (SSSR count). The number of epoxide rings is 1. The summed E-state index contributed by atoms with van der Waals surface area (Å²) in [6.07, 6.45) is 9.87. The highest BCUT2D eigenvalue weighted by Crippen LogP contribution is 2.39. The van der Waals surface area contributed by atoms with Crippen molar-refractivity contribution >= 4 is 11.9 Å². The SMILES string of the molecule is CC1CCC(COC(=O)CCCCC(=O)OCC2CC[C@H]3OC3C2)CC1C. The minimum atomic E-state index is -0.146. The summed E-state index contributed by atoms with van der Waals surface area (Å²) < 4.78 is 16.3. The van der Waals surface area contributed by atoms with Gasteiger partial charge in [-0.15, -0.1) is 0 Å². The van der Waals surface area contributed by atoms with Crippen molar-refractivity contribution in [1.29, 1.82) is 0 Å². The van der Waals surface area contributed by atoms with Crippen LogP contribution in [0.1, 0.15) is 78.1 Å². The van der Waals surface area contributed by atoms with Crippen molar-refractivity contribution in [3.05, 3.63) is 0 Å². The smallest absolute Gasteiger partial charge is 0.305 e. The largest absolute Gasteiger partial charge is 0.465 e. The third kappa shape index (κ3) is 6.78. The summed E-state index contributed by atoms with van der Waals surface area (Å²) in [5, 5.41) is 0. The molecule has 0 bridgehead atoms. The van der Waals surface area contributed by atoms with Crippen LogP contribution < -0.4 is 0 Å². The van der Waals surface area contributed by atoms with Gasteiger partial charge in [0.1, 0.15) is 0 Å². The van der Waals surface area contributed by atoms with Gasteiger partial charge in [-0.05, 0) is 68.6 Å². The van der Waals surface area contributed by atoms with Gasteiger partial charge in [0.15, 0.2) is 0 Å². The molecule has 5 heteroatoms. The van der Waals surface area contributed by atoms with E-state index in [1.807, 2.05) is 0 Å². The molecule has 0 spiro atoms. The summed E-state index contributed by atoms with van der Waals surface area (Å²) in [6.45, 7) is 5.68. The highest BCUT2D eigenvalue weighted by Gasteiger charge is 2.43. The number of ether oxygens (including phenoxy) is 3. The number of hydrogen-bond donors (Lipinski definition) is 0. The van der Waals surface area contributed by atoms with Gasteiger partial charge in [0.05, 0.1) is 25.4 Å². The molecule has 2 aliphatic carbocycles. The second-order valence-corrected chi connectivity index (χ2v) is 9.10. The Bertz CT molecular complexity index is 505. The lowest BCUT2D eigenvalue weighted by Crippen LogP contribution is -2.25. The zero-order chi connectivity index (χ0) is 19.2. The number of hydrogen-bond acceptors (Lipinski definition) is 5. The first-order chi connectivity index (χ1) is 13.0. The lowest BCUT2D eigenvalue weighted by molar-refractivity contribution is -0.147. The minimum absolute atomic E-state index is 0.129. The van der Waals surface area contributed by atoms with Crippen molar-refractivity contribution in [2.45, 2.75) is 90.3 Å². The molecule has 5 nitrogen and oxygen atoms in total. The van der Waals surface area contributed by atoms with E-state index in [1.165, 1.54) is 12.8 Å². The molecule has 0 radical (unpaired) electrons. The van der Waals surface area contributed by atoms with E-state index in [0.29, 0.717) is 62.9 Å². The van der Waals surface area contributed by atoms with Crippen LogP contribution in [0.2, 0.25) is 0 Å². The van der Waals surface area contributed by atoms with Gasteiger partial charge in [-0.3, -0.25) is 9.59 Å². The van der Waals surface area contributed by atoms with E-state index < -0.39 is 0 Å². The molecule has 1 aliphatic heterocycles. The van der Waals surface area contributed by atoms with Crippen molar-refractivity contribution in [2.75, 3.05) is 13.2 Å². The zero-order valence-electron chi connectivity index (χ0n) is 17.0. The Labute approximate surface area is 163 Å². The summed E-state index contributed by atoms with van der Waals surface area (Å²) in [5.41, 5.74) is 0. The first-order valence-electron chi connectivity index (χ1n) is 11.0. The fraction of sp³-hybridized carbons (Fsp3) is 0.909. The normalized spacial score (nSPS) is 35.2. The van der Waals surface area contributed by atoms with Crippen LogP contribution in [0.3, 0.4) is 0 Å². The van der Waals surface area contributed by atoms with E-state index in [9.17, 15) is 9.59 Å². The third-order valence-corrected chi connectivity index (χ3v) is 6.79. The predicted molar refractivity (Wildman–Crippen MR) is 102 cm³/mol. The standard InChI is InChI=1S/C22H36O5/c1-15-7-8-17(11-16(15)2)13-25-21(23)5-3-4-6-22(24)26-14-18-9-10-19-20(12-18)27-19/h15-20H,3-14H2,1-2H3/t15?,16?,17?,18?,19-,20?/m1/s1. The van der Waals surface area contributed by atoms with Crippen molar-refractivity contribution in [3.63, 3.8) is 0 Å². The van der Waals surface area contributed by atoms with E-state index in [4.69, 9.17) is 14.2 Å². The first kappa shape index (κ1) is 20.6. The summed E-state index contributed by atoms with van der Waals surface area (Å²) in [5.74, 6) is 2.21. The van der Waals surface area contributed by atoms with Gasteiger partial charge in [0, 0.05) is 12.8 Å².